The van der Waals surface area contributed by atoms with Gasteiger partial charge in [-0.3, -0.25) is 4.99 Å². The third kappa shape index (κ3) is 6.94. The Morgan fingerprint density at radius 2 is 2.04 bits per heavy atom. The number of rotatable bonds is 6. The maximum Gasteiger partial charge on any atom is 0.193 e. The molecule has 0 bridgehead atoms. The molecule has 1 N–H and O–H groups in total. The first-order valence-electron chi connectivity index (χ1n) is 8.84. The van der Waals surface area contributed by atoms with E-state index in [0.29, 0.717) is 13.2 Å². The van der Waals surface area contributed by atoms with E-state index < -0.39 is 9.84 Å². The highest BCUT2D eigenvalue weighted by atomic mass is 32.2. The fourth-order valence-electron chi connectivity index (χ4n) is 3.10. The molecule has 0 saturated carbocycles. The van der Waals surface area contributed by atoms with Gasteiger partial charge in [0.15, 0.2) is 5.96 Å². The maximum absolute atomic E-state index is 11.2. The first-order chi connectivity index (χ1) is 11.5. The summed E-state index contributed by atoms with van der Waals surface area (Å²) in [5.74, 6) is 0.889. The molecule has 140 valence electrons. The molecule has 0 radical (unpaired) electrons. The van der Waals surface area contributed by atoms with Gasteiger partial charge in [-0.1, -0.05) is 0 Å². The average Bonchev–Trinajstić information content (AvgIpc) is 2.57. The molecule has 2 aliphatic rings. The number of nitrogens with one attached hydrogen (secondary N) is 1. The van der Waals surface area contributed by atoms with Gasteiger partial charge in [0.05, 0.1) is 24.6 Å². The van der Waals surface area contributed by atoms with Gasteiger partial charge >= 0.3 is 0 Å². The number of nitrogens with zero attached hydrogens (tertiary/aromatic N) is 2. The van der Waals surface area contributed by atoms with Crippen molar-refractivity contribution in [2.24, 2.45) is 4.99 Å². The van der Waals surface area contributed by atoms with Gasteiger partial charge in [0.25, 0.3) is 0 Å². The zero-order chi connectivity index (χ0) is 17.4. The molecule has 2 rings (SSSR count). The predicted molar refractivity (Wildman–Crippen MR) is 95.2 cm³/mol. The third-order valence-electron chi connectivity index (χ3n) is 4.50. The Hall–Kier alpha value is -0.860. The van der Waals surface area contributed by atoms with E-state index in [4.69, 9.17) is 9.47 Å². The van der Waals surface area contributed by atoms with Crippen molar-refractivity contribution < 1.29 is 17.9 Å². The largest absolute Gasteiger partial charge is 0.376 e. The van der Waals surface area contributed by atoms with Crippen molar-refractivity contribution in [1.29, 1.82) is 0 Å². The van der Waals surface area contributed by atoms with Crippen molar-refractivity contribution in [3.8, 4) is 0 Å². The lowest BCUT2D eigenvalue weighted by Gasteiger charge is -2.35. The Morgan fingerprint density at radius 1 is 1.29 bits per heavy atom. The highest BCUT2D eigenvalue weighted by molar-refractivity contribution is 7.90. The van der Waals surface area contributed by atoms with Crippen LogP contribution in [0.5, 0.6) is 0 Å². The number of hydrogen-bond donors (Lipinski definition) is 1. The quantitative estimate of drug-likeness (QED) is 0.553. The van der Waals surface area contributed by atoms with E-state index in [1.807, 2.05) is 0 Å². The second-order valence-electron chi connectivity index (χ2n) is 6.61. The lowest BCUT2D eigenvalue weighted by Crippen LogP contribution is -2.48. The van der Waals surface area contributed by atoms with Gasteiger partial charge in [-0.15, -0.1) is 0 Å². The first-order valence-corrected chi connectivity index (χ1v) is 10.9. The topological polar surface area (TPSA) is 80.2 Å². The van der Waals surface area contributed by atoms with Gasteiger partial charge in [0.2, 0.25) is 0 Å². The standard InChI is InChI=1S/C16H31N3O4S/c1-17-16(18-8-12-24(2,20)21)19-9-6-14(7-10-19)23-13-15-5-3-4-11-22-15/h14-15H,3-13H2,1-2H3,(H,17,18). The van der Waals surface area contributed by atoms with Crippen LogP contribution in [0.25, 0.3) is 0 Å². The number of guanidine groups is 1. The van der Waals surface area contributed by atoms with Crippen molar-refractivity contribution in [2.75, 3.05) is 51.9 Å². The van der Waals surface area contributed by atoms with Gasteiger partial charge in [0.1, 0.15) is 9.84 Å². The second-order valence-corrected chi connectivity index (χ2v) is 8.87. The van der Waals surface area contributed by atoms with Crippen LogP contribution in [0.4, 0.5) is 0 Å². The Kier molecular flexibility index (Phi) is 7.77. The normalized spacial score (nSPS) is 24.2. The monoisotopic (exact) mass is 361 g/mol. The number of ether oxygens (including phenoxy) is 2. The minimum Gasteiger partial charge on any atom is -0.376 e. The number of hydrogen-bond acceptors (Lipinski definition) is 5. The Labute approximate surface area is 145 Å². The molecule has 24 heavy (non-hydrogen) atoms. The molecule has 2 aliphatic heterocycles. The Balaban J connectivity index is 1.66. The minimum atomic E-state index is -2.95. The minimum absolute atomic E-state index is 0.118. The van der Waals surface area contributed by atoms with E-state index in [-0.39, 0.29) is 18.0 Å². The summed E-state index contributed by atoms with van der Waals surface area (Å²) in [7, 11) is -1.23. The van der Waals surface area contributed by atoms with Crippen LogP contribution in [0.15, 0.2) is 4.99 Å². The Bertz CT molecular complexity index is 495. The molecule has 1 atom stereocenters. The SMILES string of the molecule is CN=C(NCCS(C)(=O)=O)N1CCC(OCC2CCCCO2)CC1. The van der Waals surface area contributed by atoms with Crippen molar-refractivity contribution >= 4 is 15.8 Å². The van der Waals surface area contributed by atoms with Crippen molar-refractivity contribution in [1.82, 2.24) is 10.2 Å². The fourth-order valence-corrected chi connectivity index (χ4v) is 3.57. The van der Waals surface area contributed by atoms with Crippen molar-refractivity contribution in [2.45, 2.75) is 44.3 Å². The van der Waals surface area contributed by atoms with E-state index in [9.17, 15) is 8.42 Å². The van der Waals surface area contributed by atoms with Crippen LogP contribution in [0.3, 0.4) is 0 Å². The zero-order valence-corrected chi connectivity index (χ0v) is 15.7. The van der Waals surface area contributed by atoms with Crippen LogP contribution in [0.2, 0.25) is 0 Å². The molecule has 2 saturated heterocycles. The number of piperidine rings is 1. The van der Waals surface area contributed by atoms with Crippen LogP contribution in [0, 0.1) is 0 Å². The van der Waals surface area contributed by atoms with E-state index in [0.717, 1.165) is 44.9 Å². The average molecular weight is 362 g/mol. The van der Waals surface area contributed by atoms with Crippen molar-refractivity contribution in [3.63, 3.8) is 0 Å². The van der Waals surface area contributed by atoms with Crippen molar-refractivity contribution in [3.05, 3.63) is 0 Å². The molecule has 0 spiro atoms. The fraction of sp³-hybridized carbons (Fsp3) is 0.938. The van der Waals surface area contributed by atoms with Gasteiger partial charge in [-0.25, -0.2) is 8.42 Å². The molecule has 7 nitrogen and oxygen atoms in total. The summed E-state index contributed by atoms with van der Waals surface area (Å²) in [6.07, 6.45) is 7.22. The maximum atomic E-state index is 11.2. The van der Waals surface area contributed by atoms with Crippen LogP contribution < -0.4 is 5.32 Å². The number of sulfone groups is 1. The second kappa shape index (κ2) is 9.58. The number of likely N-dealkylation sites (tertiary alicyclic amines) is 1. The van der Waals surface area contributed by atoms with Crippen LogP contribution in [0.1, 0.15) is 32.1 Å². The number of aliphatic imine (C=N–C) groups is 1. The van der Waals surface area contributed by atoms with E-state index in [1.165, 1.54) is 19.1 Å². The van der Waals surface area contributed by atoms with Gasteiger partial charge < -0.3 is 19.7 Å². The summed E-state index contributed by atoms with van der Waals surface area (Å²) < 4.78 is 34.1. The molecule has 0 aromatic heterocycles. The molecule has 2 heterocycles. The summed E-state index contributed by atoms with van der Waals surface area (Å²) >= 11 is 0. The van der Waals surface area contributed by atoms with Crippen LogP contribution >= 0.6 is 0 Å². The summed E-state index contributed by atoms with van der Waals surface area (Å²) in [5, 5.41) is 3.13. The van der Waals surface area contributed by atoms with E-state index in [1.54, 1.807) is 7.05 Å². The van der Waals surface area contributed by atoms with E-state index >= 15 is 0 Å². The molecular formula is C16H31N3O4S. The summed E-state index contributed by atoms with van der Waals surface area (Å²) in [5.41, 5.74) is 0. The molecule has 2 fully saturated rings. The molecule has 8 heteroatoms. The zero-order valence-electron chi connectivity index (χ0n) is 14.9. The summed E-state index contributed by atoms with van der Waals surface area (Å²) in [6, 6.07) is 0. The highest BCUT2D eigenvalue weighted by Gasteiger charge is 2.23. The van der Waals surface area contributed by atoms with Gasteiger partial charge in [0, 0.05) is 39.5 Å². The molecule has 0 aliphatic carbocycles. The lowest BCUT2D eigenvalue weighted by molar-refractivity contribution is -0.0721. The summed E-state index contributed by atoms with van der Waals surface area (Å²) in [4.78, 5) is 6.42. The predicted octanol–water partition coefficient (Wildman–Crippen LogP) is 0.657. The lowest BCUT2D eigenvalue weighted by atomic mass is 10.1. The molecular weight excluding hydrogens is 330 g/mol. The smallest absolute Gasteiger partial charge is 0.193 e. The Morgan fingerprint density at radius 3 is 2.62 bits per heavy atom. The highest BCUT2D eigenvalue weighted by Crippen LogP contribution is 2.17. The first kappa shape index (κ1) is 19.5. The molecule has 0 amide bonds. The van der Waals surface area contributed by atoms with Crippen LogP contribution in [-0.2, 0) is 19.3 Å². The summed E-state index contributed by atoms with van der Waals surface area (Å²) in [6.45, 7) is 3.69. The molecule has 0 aromatic rings. The van der Waals surface area contributed by atoms with Gasteiger partial charge in [-0.05, 0) is 32.1 Å². The third-order valence-corrected chi connectivity index (χ3v) is 5.45. The molecule has 1 unspecified atom stereocenters. The molecule has 0 aromatic carbocycles. The van der Waals surface area contributed by atoms with E-state index in [2.05, 4.69) is 15.2 Å². The van der Waals surface area contributed by atoms with Gasteiger partial charge in [-0.2, -0.15) is 0 Å². The van der Waals surface area contributed by atoms with Crippen LogP contribution in [-0.4, -0.2) is 83.4 Å².